The number of benzene rings is 7. The second-order valence-corrected chi connectivity index (χ2v) is 16.4. The average Bonchev–Trinajstić information content (AvgIpc) is 3.88. The van der Waals surface area contributed by atoms with Crippen molar-refractivity contribution in [2.45, 2.75) is 26.2 Å². The van der Waals surface area contributed by atoms with Gasteiger partial charge in [-0.25, -0.2) is 19.9 Å². The van der Waals surface area contributed by atoms with Crippen LogP contribution in [0.25, 0.3) is 61.8 Å². The first-order valence-corrected chi connectivity index (χ1v) is 20.9. The van der Waals surface area contributed by atoms with E-state index in [-0.39, 0.29) is 26.5 Å². The molecule has 1 aliphatic heterocycles. The van der Waals surface area contributed by atoms with Gasteiger partial charge in [-0.1, -0.05) is 152 Å². The molecule has 0 aliphatic carbocycles. The Morgan fingerprint density at radius 1 is 0.578 bits per heavy atom. The number of para-hydroxylation sites is 3. The van der Waals surface area contributed by atoms with Crippen molar-refractivity contribution in [3.8, 4) is 51.5 Å². The standard InChI is InChI=1S/C55H39N7O.Pt/c1-55(2,3)39-28-30-40(31-29-39)60-36-61(48-26-13-12-25-47(48)60)41-21-16-22-42(33-41)63-50-35-49-44(43-23-10-11-24-46(43)62(49)51-27-14-15-32-56-51)34-45(50)54-58-52(37-17-6-4-7-18-37)57-53(59-54)38-19-8-5-9-20-38;/h4-32,34H,1-3H3;/q;+2. The van der Waals surface area contributed by atoms with E-state index >= 15 is 0 Å². The Morgan fingerprint density at radius 2 is 1.20 bits per heavy atom. The fraction of sp³-hybridized carbons (Fsp3) is 0.0727. The summed E-state index contributed by atoms with van der Waals surface area (Å²) >= 11 is 0. The van der Waals surface area contributed by atoms with E-state index in [4.69, 9.17) is 24.7 Å². The molecule has 0 saturated carbocycles. The number of pyridine rings is 1. The molecule has 0 atom stereocenters. The monoisotopic (exact) mass is 1010 g/mol. The Bertz CT molecular complexity index is 3370. The molecule has 0 amide bonds. The molecular weight excluding hydrogens is 970 g/mol. The zero-order valence-corrected chi connectivity index (χ0v) is 37.4. The van der Waals surface area contributed by atoms with Crippen molar-refractivity contribution in [1.29, 1.82) is 0 Å². The van der Waals surface area contributed by atoms with Gasteiger partial charge in [-0.15, -0.1) is 23.6 Å². The second kappa shape index (κ2) is 16.6. The average molecular weight is 1010 g/mol. The van der Waals surface area contributed by atoms with Crippen LogP contribution in [0.5, 0.6) is 11.5 Å². The van der Waals surface area contributed by atoms with Gasteiger partial charge in [0.15, 0.2) is 11.6 Å². The topological polar surface area (TPSA) is 71.7 Å². The van der Waals surface area contributed by atoms with Crippen molar-refractivity contribution < 1.29 is 25.8 Å². The van der Waals surface area contributed by atoms with Crippen molar-refractivity contribution in [2.75, 3.05) is 0 Å². The Labute approximate surface area is 385 Å². The fourth-order valence-electron chi connectivity index (χ4n) is 8.10. The third-order valence-corrected chi connectivity index (χ3v) is 11.3. The number of hydrogen-bond donors (Lipinski definition) is 0. The van der Waals surface area contributed by atoms with Crippen molar-refractivity contribution >= 4 is 50.6 Å². The Hall–Kier alpha value is -7.63. The molecule has 9 heteroatoms. The summed E-state index contributed by atoms with van der Waals surface area (Å²) in [5.41, 5.74) is 9.27. The second-order valence-electron chi connectivity index (χ2n) is 16.4. The van der Waals surface area contributed by atoms with Gasteiger partial charge in [-0.2, -0.15) is 6.07 Å². The summed E-state index contributed by atoms with van der Waals surface area (Å²) in [5.74, 6) is 3.22. The molecule has 0 unspecified atom stereocenters. The summed E-state index contributed by atoms with van der Waals surface area (Å²) in [4.78, 5) is 20.0. The molecule has 10 aromatic rings. The minimum Gasteiger partial charge on any atom is -0.508 e. The smallest absolute Gasteiger partial charge is 0.508 e. The maximum Gasteiger partial charge on any atom is 2.00 e. The molecule has 0 saturated heterocycles. The van der Waals surface area contributed by atoms with Gasteiger partial charge in [0.2, 0.25) is 5.69 Å². The van der Waals surface area contributed by atoms with Crippen molar-refractivity contribution in [3.63, 3.8) is 0 Å². The van der Waals surface area contributed by atoms with Crippen molar-refractivity contribution in [3.05, 3.63) is 200 Å². The van der Waals surface area contributed by atoms with E-state index in [1.165, 1.54) is 5.56 Å². The Kier molecular flexibility index (Phi) is 10.5. The Balaban J connectivity index is 0.00000484. The van der Waals surface area contributed by atoms with Crippen molar-refractivity contribution in [2.24, 2.45) is 0 Å². The van der Waals surface area contributed by atoms with Crippen LogP contribution in [-0.2, 0) is 26.5 Å². The molecular formula is C55H39N7OPt+2. The number of hydrogen-bond acceptors (Lipinski definition) is 5. The normalized spacial score (nSPS) is 12.1. The summed E-state index contributed by atoms with van der Waals surface area (Å²) in [5, 5.41) is 1.99. The molecule has 0 bridgehead atoms. The molecule has 11 rings (SSSR count). The largest absolute Gasteiger partial charge is 2.00 e. The van der Waals surface area contributed by atoms with E-state index in [9.17, 15) is 0 Å². The number of aromatic nitrogens is 5. The van der Waals surface area contributed by atoms with Gasteiger partial charge in [0.05, 0.1) is 0 Å². The van der Waals surface area contributed by atoms with Crippen LogP contribution in [0.4, 0.5) is 22.7 Å². The van der Waals surface area contributed by atoms with Gasteiger partial charge >= 0.3 is 27.1 Å². The molecule has 64 heavy (non-hydrogen) atoms. The molecule has 0 N–H and O–H groups in total. The maximum absolute atomic E-state index is 6.98. The summed E-state index contributed by atoms with van der Waals surface area (Å²) in [7, 11) is 0. The fourth-order valence-corrected chi connectivity index (χ4v) is 8.10. The van der Waals surface area contributed by atoms with Crippen LogP contribution >= 0.6 is 0 Å². The molecule has 0 fully saturated rings. The van der Waals surface area contributed by atoms with Gasteiger partial charge in [0, 0.05) is 58.6 Å². The van der Waals surface area contributed by atoms with Gasteiger partial charge in [-0.3, -0.25) is 0 Å². The zero-order valence-electron chi connectivity index (χ0n) is 35.2. The van der Waals surface area contributed by atoms with Gasteiger partial charge < -0.3 is 9.30 Å². The van der Waals surface area contributed by atoms with Crippen LogP contribution < -0.4 is 13.9 Å². The van der Waals surface area contributed by atoms with Crippen LogP contribution in [0.3, 0.4) is 0 Å². The van der Waals surface area contributed by atoms with Gasteiger partial charge in [0.1, 0.15) is 17.3 Å². The van der Waals surface area contributed by atoms with E-state index in [0.29, 0.717) is 34.5 Å². The third-order valence-electron chi connectivity index (χ3n) is 11.3. The quantitative estimate of drug-likeness (QED) is 0.112. The summed E-state index contributed by atoms with van der Waals surface area (Å²) in [6, 6.07) is 70.0. The van der Waals surface area contributed by atoms with E-state index < -0.39 is 0 Å². The zero-order chi connectivity index (χ0) is 42.5. The third kappa shape index (κ3) is 7.43. The van der Waals surface area contributed by atoms with E-state index in [1.807, 2.05) is 120 Å². The molecule has 8 nitrogen and oxygen atoms in total. The summed E-state index contributed by atoms with van der Waals surface area (Å²) in [6.07, 6.45) is 1.80. The summed E-state index contributed by atoms with van der Waals surface area (Å²) in [6.45, 7) is 6.68. The number of nitrogens with zero attached hydrogens (tertiary/aromatic N) is 7. The number of rotatable bonds is 8. The molecule has 0 radical (unpaired) electrons. The van der Waals surface area contributed by atoms with E-state index in [0.717, 1.165) is 61.5 Å². The summed E-state index contributed by atoms with van der Waals surface area (Å²) < 4.78 is 13.2. The minimum atomic E-state index is 0. The van der Waals surface area contributed by atoms with Crippen LogP contribution in [0.1, 0.15) is 26.3 Å². The van der Waals surface area contributed by atoms with Gasteiger partial charge in [0.25, 0.3) is 11.4 Å². The number of ether oxygens (including phenoxy) is 1. The van der Waals surface area contributed by atoms with Crippen LogP contribution in [0.15, 0.2) is 182 Å². The van der Waals surface area contributed by atoms with Crippen LogP contribution in [-0.4, -0.2) is 30.5 Å². The predicted molar refractivity (Wildman–Crippen MR) is 252 cm³/mol. The van der Waals surface area contributed by atoms with Gasteiger partial charge in [-0.05, 0) is 44.7 Å². The Morgan fingerprint density at radius 3 is 1.88 bits per heavy atom. The molecule has 3 aromatic heterocycles. The molecule has 4 heterocycles. The van der Waals surface area contributed by atoms with E-state index in [1.54, 1.807) is 6.20 Å². The van der Waals surface area contributed by atoms with Crippen LogP contribution in [0.2, 0.25) is 0 Å². The van der Waals surface area contributed by atoms with E-state index in [2.05, 4.69) is 109 Å². The SMILES string of the molecule is CC(C)(C)c1ccc([N+]2=C=[N+](c3[c-]c(Oc4[c-]c5c(cc4-c4nc(-c6ccccc6)nc(-c6ccccc6)n4)c4ccccc4n5-c4ccccn4)ccc3)c3ccccc32)cc1.[Pt+2]. The first-order valence-electron chi connectivity index (χ1n) is 20.9. The molecule has 308 valence electrons. The molecule has 7 aromatic carbocycles. The van der Waals surface area contributed by atoms with Crippen molar-refractivity contribution in [1.82, 2.24) is 33.7 Å². The van der Waals surface area contributed by atoms with Crippen LogP contribution in [0, 0.1) is 12.1 Å². The minimum absolute atomic E-state index is 0. The molecule has 1 aliphatic rings. The first kappa shape index (κ1) is 40.4. The maximum atomic E-state index is 6.98. The first-order chi connectivity index (χ1) is 30.9. The molecule has 0 spiro atoms. The predicted octanol–water partition coefficient (Wildman–Crippen LogP) is 12.9. The number of fused-ring (bicyclic) bond motifs is 4.